The van der Waals surface area contributed by atoms with Gasteiger partial charge in [0.05, 0.1) is 11.7 Å². The standard InChI is InChI=1S/C41H31N3O/c1-3-10-27(11-4-1)36-25-37(32-18-15-26-9-7-8-14-30(26)23-32)43-40(42-36)33-19-21-34-31(24-33)17-16-28-20-22-35-39(38(28)34)45-41(44-35)29-12-5-2-6-13-29/h1-25,37,40-44H. The predicted molar refractivity (Wildman–Crippen MR) is 185 cm³/mol. The van der Waals surface area contributed by atoms with Crippen LogP contribution in [0.1, 0.15) is 40.7 Å². The van der Waals surface area contributed by atoms with E-state index in [1.807, 2.05) is 6.07 Å². The van der Waals surface area contributed by atoms with E-state index < -0.39 is 0 Å². The molecule has 0 aromatic heterocycles. The molecule has 0 spiro atoms. The fourth-order valence-corrected chi connectivity index (χ4v) is 6.83. The van der Waals surface area contributed by atoms with Crippen LogP contribution in [0, 0.1) is 0 Å². The van der Waals surface area contributed by atoms with Gasteiger partial charge in [0.25, 0.3) is 0 Å². The van der Waals surface area contributed by atoms with Crippen LogP contribution in [0.3, 0.4) is 0 Å². The van der Waals surface area contributed by atoms with E-state index in [-0.39, 0.29) is 18.4 Å². The van der Waals surface area contributed by atoms with E-state index in [1.165, 1.54) is 43.6 Å². The second-order valence-corrected chi connectivity index (χ2v) is 11.9. The molecule has 3 unspecified atom stereocenters. The first-order valence-electron chi connectivity index (χ1n) is 15.5. The topological polar surface area (TPSA) is 45.3 Å². The van der Waals surface area contributed by atoms with E-state index in [9.17, 15) is 0 Å². The Labute approximate surface area is 262 Å². The molecule has 0 saturated heterocycles. The van der Waals surface area contributed by atoms with Crippen LogP contribution in [0.15, 0.2) is 152 Å². The minimum atomic E-state index is -0.202. The third-order valence-electron chi connectivity index (χ3n) is 9.13. The summed E-state index contributed by atoms with van der Waals surface area (Å²) in [7, 11) is 0. The summed E-state index contributed by atoms with van der Waals surface area (Å²) in [5.41, 5.74) is 6.87. The Hall–Kier alpha value is -5.58. The Kier molecular flexibility index (Phi) is 6.06. The van der Waals surface area contributed by atoms with Crippen LogP contribution in [0.2, 0.25) is 0 Å². The molecule has 0 aliphatic carbocycles. The van der Waals surface area contributed by atoms with E-state index in [2.05, 4.69) is 162 Å². The van der Waals surface area contributed by atoms with E-state index in [4.69, 9.17) is 4.74 Å². The molecule has 2 aliphatic heterocycles. The zero-order valence-electron chi connectivity index (χ0n) is 24.6. The first-order valence-corrected chi connectivity index (χ1v) is 15.5. The van der Waals surface area contributed by atoms with Crippen LogP contribution < -0.4 is 20.7 Å². The zero-order chi connectivity index (χ0) is 29.7. The third kappa shape index (κ3) is 4.59. The molecule has 0 amide bonds. The molecule has 3 N–H and O–H groups in total. The summed E-state index contributed by atoms with van der Waals surface area (Å²) in [6, 6.07) is 51.8. The number of rotatable bonds is 4. The highest BCUT2D eigenvalue weighted by Gasteiger charge is 2.27. The van der Waals surface area contributed by atoms with Gasteiger partial charge in [-0.3, -0.25) is 5.32 Å². The molecule has 216 valence electrons. The Morgan fingerprint density at radius 1 is 0.511 bits per heavy atom. The molecule has 0 radical (unpaired) electrons. The van der Waals surface area contributed by atoms with Crippen LogP contribution in [-0.4, -0.2) is 0 Å². The van der Waals surface area contributed by atoms with Gasteiger partial charge >= 0.3 is 0 Å². The van der Waals surface area contributed by atoms with Crippen molar-refractivity contribution in [3.05, 3.63) is 174 Å². The predicted octanol–water partition coefficient (Wildman–Crippen LogP) is 9.62. The number of nitrogens with one attached hydrogen (secondary N) is 3. The fourth-order valence-electron chi connectivity index (χ4n) is 6.83. The van der Waals surface area contributed by atoms with Crippen LogP contribution in [-0.2, 0) is 0 Å². The quantitative estimate of drug-likeness (QED) is 0.181. The fraction of sp³-hybridized carbons (Fsp3) is 0.0732. The van der Waals surface area contributed by atoms with Gasteiger partial charge in [-0.05, 0) is 67.9 Å². The number of hydrogen-bond donors (Lipinski definition) is 3. The minimum Gasteiger partial charge on any atom is -0.464 e. The molecular formula is C41H31N3O. The number of ether oxygens (including phenoxy) is 1. The molecule has 0 bridgehead atoms. The van der Waals surface area contributed by atoms with E-state index in [0.29, 0.717) is 0 Å². The number of benzene rings is 7. The second-order valence-electron chi connectivity index (χ2n) is 11.9. The summed E-state index contributed by atoms with van der Waals surface area (Å²) in [5.74, 6) is 0.916. The molecule has 4 heteroatoms. The number of fused-ring (bicyclic) bond motifs is 6. The molecule has 9 rings (SSSR count). The molecule has 4 nitrogen and oxygen atoms in total. The summed E-state index contributed by atoms with van der Waals surface area (Å²) in [6.45, 7) is 0. The van der Waals surface area contributed by atoms with E-state index in [0.717, 1.165) is 28.1 Å². The van der Waals surface area contributed by atoms with Crippen molar-refractivity contribution in [2.75, 3.05) is 5.32 Å². The van der Waals surface area contributed by atoms with Crippen LogP contribution in [0.25, 0.3) is 38.0 Å². The van der Waals surface area contributed by atoms with Crippen molar-refractivity contribution >= 4 is 43.7 Å². The van der Waals surface area contributed by atoms with Gasteiger partial charge in [-0.2, -0.15) is 0 Å². The van der Waals surface area contributed by atoms with Crippen molar-refractivity contribution < 1.29 is 4.74 Å². The molecule has 7 aromatic carbocycles. The van der Waals surface area contributed by atoms with Crippen molar-refractivity contribution in [1.82, 2.24) is 10.6 Å². The highest BCUT2D eigenvalue weighted by atomic mass is 16.5. The molecule has 3 atom stereocenters. The minimum absolute atomic E-state index is 0.0426. The van der Waals surface area contributed by atoms with Gasteiger partial charge in [-0.1, -0.05) is 127 Å². The summed E-state index contributed by atoms with van der Waals surface area (Å²) in [4.78, 5) is 0. The monoisotopic (exact) mass is 581 g/mol. The Morgan fingerprint density at radius 3 is 2.07 bits per heavy atom. The maximum atomic E-state index is 6.57. The lowest BCUT2D eigenvalue weighted by molar-refractivity contribution is 0.263. The lowest BCUT2D eigenvalue weighted by Crippen LogP contribution is -2.39. The van der Waals surface area contributed by atoms with Gasteiger partial charge in [0.15, 0.2) is 12.0 Å². The lowest BCUT2D eigenvalue weighted by atomic mass is 9.95. The van der Waals surface area contributed by atoms with Gasteiger partial charge in [0.2, 0.25) is 0 Å². The van der Waals surface area contributed by atoms with Crippen LogP contribution >= 0.6 is 0 Å². The third-order valence-corrected chi connectivity index (χ3v) is 9.13. The van der Waals surface area contributed by atoms with Gasteiger partial charge in [-0.25, -0.2) is 0 Å². The van der Waals surface area contributed by atoms with E-state index >= 15 is 0 Å². The van der Waals surface area contributed by atoms with Crippen LogP contribution in [0.4, 0.5) is 5.69 Å². The smallest absolute Gasteiger partial charge is 0.196 e. The lowest BCUT2D eigenvalue weighted by Gasteiger charge is -2.33. The van der Waals surface area contributed by atoms with Crippen molar-refractivity contribution in [2.45, 2.75) is 18.4 Å². The van der Waals surface area contributed by atoms with Gasteiger partial charge in [0, 0.05) is 16.6 Å². The van der Waals surface area contributed by atoms with Crippen molar-refractivity contribution in [1.29, 1.82) is 0 Å². The Balaban J connectivity index is 1.11. The Morgan fingerprint density at radius 2 is 1.20 bits per heavy atom. The van der Waals surface area contributed by atoms with Gasteiger partial charge < -0.3 is 15.4 Å². The average Bonchev–Trinajstić information content (AvgIpc) is 3.56. The highest BCUT2D eigenvalue weighted by Crippen LogP contribution is 2.46. The second kappa shape index (κ2) is 10.5. The van der Waals surface area contributed by atoms with Gasteiger partial charge in [0.1, 0.15) is 6.17 Å². The van der Waals surface area contributed by atoms with Crippen molar-refractivity contribution in [3.8, 4) is 5.75 Å². The van der Waals surface area contributed by atoms with Crippen LogP contribution in [0.5, 0.6) is 5.75 Å². The molecule has 45 heavy (non-hydrogen) atoms. The molecule has 0 fully saturated rings. The van der Waals surface area contributed by atoms with Crippen molar-refractivity contribution in [2.24, 2.45) is 0 Å². The zero-order valence-corrected chi connectivity index (χ0v) is 24.6. The summed E-state index contributed by atoms with van der Waals surface area (Å²) in [5, 5.41) is 18.5. The van der Waals surface area contributed by atoms with Gasteiger partial charge in [-0.15, -0.1) is 0 Å². The maximum absolute atomic E-state index is 6.57. The molecule has 7 aromatic rings. The first kappa shape index (κ1) is 25.9. The summed E-state index contributed by atoms with van der Waals surface area (Å²) >= 11 is 0. The SMILES string of the molecule is C1=C(c2ccccc2)NC(c2ccc3c(ccc4ccc5c(c43)OC(c3ccccc3)N5)c2)NC1c1ccc2ccccc2c1. The number of hydrogen-bond acceptors (Lipinski definition) is 4. The first-order chi connectivity index (χ1) is 22.3. The highest BCUT2D eigenvalue weighted by molar-refractivity contribution is 6.13. The Bertz CT molecular complexity index is 2240. The summed E-state index contributed by atoms with van der Waals surface area (Å²) in [6.07, 6.45) is 2.03. The van der Waals surface area contributed by atoms with Crippen molar-refractivity contribution in [3.63, 3.8) is 0 Å². The largest absolute Gasteiger partial charge is 0.464 e. The maximum Gasteiger partial charge on any atom is 0.196 e. The summed E-state index contributed by atoms with van der Waals surface area (Å²) < 4.78 is 6.57. The molecule has 2 heterocycles. The molecule has 2 aliphatic rings. The normalized spacial score (nSPS) is 19.0. The number of anilines is 1. The molecular weight excluding hydrogens is 550 g/mol. The average molecular weight is 582 g/mol. The van der Waals surface area contributed by atoms with E-state index in [1.54, 1.807) is 0 Å². The molecule has 0 saturated carbocycles.